The summed E-state index contributed by atoms with van der Waals surface area (Å²) in [5, 5.41) is 2.68. The van der Waals surface area contributed by atoms with Crippen LogP contribution in [0.4, 0.5) is 4.39 Å². The van der Waals surface area contributed by atoms with E-state index < -0.39 is 0 Å². The Bertz CT molecular complexity index is 529. The van der Waals surface area contributed by atoms with Crippen LogP contribution in [0.1, 0.15) is 5.69 Å². The first kappa shape index (κ1) is 13.0. The van der Waals surface area contributed by atoms with Crippen molar-refractivity contribution < 1.29 is 13.9 Å². The molecule has 0 fully saturated rings. The zero-order chi connectivity index (χ0) is 13.5. The maximum Gasteiger partial charge on any atom is 0.258 e. The lowest BCUT2D eigenvalue weighted by Gasteiger charge is -2.07. The van der Waals surface area contributed by atoms with Crippen LogP contribution in [-0.4, -0.2) is 17.5 Å². The van der Waals surface area contributed by atoms with Crippen molar-refractivity contribution in [2.75, 3.05) is 6.61 Å². The van der Waals surface area contributed by atoms with E-state index in [-0.39, 0.29) is 18.3 Å². The predicted molar refractivity (Wildman–Crippen MR) is 68.0 cm³/mol. The summed E-state index contributed by atoms with van der Waals surface area (Å²) in [6.07, 6.45) is 1.66. The summed E-state index contributed by atoms with van der Waals surface area (Å²) in [5.74, 6) is -0.142. The van der Waals surface area contributed by atoms with E-state index in [0.29, 0.717) is 12.3 Å². The molecule has 98 valence electrons. The minimum Gasteiger partial charge on any atom is -0.484 e. The molecule has 0 spiro atoms. The Morgan fingerprint density at radius 2 is 2.00 bits per heavy atom. The number of rotatable bonds is 5. The molecule has 0 saturated heterocycles. The zero-order valence-corrected chi connectivity index (χ0v) is 10.2. The third-order valence-electron chi connectivity index (χ3n) is 2.38. The molecule has 0 aliphatic rings. The van der Waals surface area contributed by atoms with Gasteiger partial charge in [-0.1, -0.05) is 6.07 Å². The number of hydrogen-bond donors (Lipinski definition) is 1. The van der Waals surface area contributed by atoms with E-state index in [1.54, 1.807) is 6.20 Å². The van der Waals surface area contributed by atoms with Crippen molar-refractivity contribution in [2.45, 2.75) is 6.54 Å². The van der Waals surface area contributed by atoms with Crippen LogP contribution in [0.3, 0.4) is 0 Å². The number of carbonyl (C=O) groups is 1. The largest absolute Gasteiger partial charge is 0.484 e. The number of nitrogens with one attached hydrogen (secondary N) is 1. The van der Waals surface area contributed by atoms with Crippen LogP contribution in [0.5, 0.6) is 5.75 Å². The van der Waals surface area contributed by atoms with Gasteiger partial charge in [-0.15, -0.1) is 0 Å². The van der Waals surface area contributed by atoms with Crippen molar-refractivity contribution in [3.05, 3.63) is 60.2 Å². The summed E-state index contributed by atoms with van der Waals surface area (Å²) in [7, 11) is 0. The topological polar surface area (TPSA) is 51.2 Å². The van der Waals surface area contributed by atoms with Gasteiger partial charge in [-0.05, 0) is 36.4 Å². The second-order valence-corrected chi connectivity index (χ2v) is 3.84. The minimum atomic E-state index is -0.341. The summed E-state index contributed by atoms with van der Waals surface area (Å²) in [6, 6.07) is 11.0. The lowest BCUT2D eigenvalue weighted by molar-refractivity contribution is -0.123. The number of halogens is 1. The van der Waals surface area contributed by atoms with Gasteiger partial charge < -0.3 is 10.1 Å². The van der Waals surface area contributed by atoms with Gasteiger partial charge in [0.15, 0.2) is 6.61 Å². The van der Waals surface area contributed by atoms with Crippen LogP contribution >= 0.6 is 0 Å². The molecule has 0 aliphatic carbocycles. The average Bonchev–Trinajstić information content (AvgIpc) is 2.45. The van der Waals surface area contributed by atoms with E-state index in [9.17, 15) is 9.18 Å². The van der Waals surface area contributed by atoms with Gasteiger partial charge in [0.2, 0.25) is 0 Å². The number of benzene rings is 1. The number of aromatic nitrogens is 1. The van der Waals surface area contributed by atoms with Crippen LogP contribution in [0.2, 0.25) is 0 Å². The number of ether oxygens (including phenoxy) is 1. The van der Waals surface area contributed by atoms with Gasteiger partial charge in [0.1, 0.15) is 11.6 Å². The van der Waals surface area contributed by atoms with Crippen molar-refractivity contribution in [1.29, 1.82) is 0 Å². The molecule has 0 aliphatic heterocycles. The maximum absolute atomic E-state index is 12.7. The third kappa shape index (κ3) is 4.39. The van der Waals surface area contributed by atoms with E-state index in [0.717, 1.165) is 5.69 Å². The van der Waals surface area contributed by atoms with Crippen molar-refractivity contribution in [3.63, 3.8) is 0 Å². The SMILES string of the molecule is O=C(COc1ccc(F)cc1)NCc1ccccn1. The molecule has 1 N–H and O–H groups in total. The Morgan fingerprint density at radius 1 is 1.21 bits per heavy atom. The van der Waals surface area contributed by atoms with Crippen LogP contribution in [0.25, 0.3) is 0 Å². The van der Waals surface area contributed by atoms with Crippen LogP contribution in [0, 0.1) is 5.82 Å². The second-order valence-electron chi connectivity index (χ2n) is 3.84. The first-order chi connectivity index (χ1) is 9.24. The van der Waals surface area contributed by atoms with E-state index in [2.05, 4.69) is 10.3 Å². The summed E-state index contributed by atoms with van der Waals surface area (Å²) in [5.41, 5.74) is 0.776. The van der Waals surface area contributed by atoms with E-state index >= 15 is 0 Å². The molecule has 0 unspecified atom stereocenters. The first-order valence-electron chi connectivity index (χ1n) is 5.79. The molecular formula is C14H13FN2O2. The average molecular weight is 260 g/mol. The Balaban J connectivity index is 1.74. The van der Waals surface area contributed by atoms with Crippen molar-refractivity contribution in [3.8, 4) is 5.75 Å². The lowest BCUT2D eigenvalue weighted by Crippen LogP contribution is -2.28. The normalized spacial score (nSPS) is 9.95. The van der Waals surface area contributed by atoms with E-state index in [4.69, 9.17) is 4.74 Å². The summed E-state index contributed by atoms with van der Waals surface area (Å²) in [4.78, 5) is 15.6. The molecule has 1 aromatic carbocycles. The van der Waals surface area contributed by atoms with E-state index in [1.807, 2.05) is 18.2 Å². The molecule has 0 saturated carbocycles. The smallest absolute Gasteiger partial charge is 0.258 e. The predicted octanol–water partition coefficient (Wildman–Crippen LogP) is 1.92. The Kier molecular flexibility index (Phi) is 4.44. The molecule has 4 nitrogen and oxygen atoms in total. The van der Waals surface area contributed by atoms with Gasteiger partial charge >= 0.3 is 0 Å². The third-order valence-corrected chi connectivity index (χ3v) is 2.38. The molecule has 0 atom stereocenters. The second kappa shape index (κ2) is 6.49. The zero-order valence-electron chi connectivity index (χ0n) is 10.2. The highest BCUT2D eigenvalue weighted by molar-refractivity contribution is 5.77. The quantitative estimate of drug-likeness (QED) is 0.893. The van der Waals surface area contributed by atoms with Gasteiger partial charge in [0.05, 0.1) is 12.2 Å². The standard InChI is InChI=1S/C14H13FN2O2/c15-11-4-6-13(7-5-11)19-10-14(18)17-9-12-3-1-2-8-16-12/h1-8H,9-10H2,(H,17,18). The number of amides is 1. The molecule has 2 rings (SSSR count). The summed E-state index contributed by atoms with van der Waals surface area (Å²) < 4.78 is 17.9. The van der Waals surface area contributed by atoms with Gasteiger partial charge in [-0.25, -0.2) is 4.39 Å². The summed E-state index contributed by atoms with van der Waals surface area (Å²) >= 11 is 0. The number of nitrogens with zero attached hydrogens (tertiary/aromatic N) is 1. The van der Waals surface area contributed by atoms with Gasteiger partial charge in [-0.2, -0.15) is 0 Å². The fraction of sp³-hybridized carbons (Fsp3) is 0.143. The number of pyridine rings is 1. The molecule has 1 aromatic heterocycles. The van der Waals surface area contributed by atoms with Crippen LogP contribution in [0.15, 0.2) is 48.7 Å². The monoisotopic (exact) mass is 260 g/mol. The fourth-order valence-electron chi connectivity index (χ4n) is 1.42. The van der Waals surface area contributed by atoms with Crippen LogP contribution < -0.4 is 10.1 Å². The van der Waals surface area contributed by atoms with Crippen molar-refractivity contribution >= 4 is 5.91 Å². The fourth-order valence-corrected chi connectivity index (χ4v) is 1.42. The van der Waals surface area contributed by atoms with E-state index in [1.165, 1.54) is 24.3 Å². The molecular weight excluding hydrogens is 247 g/mol. The molecule has 19 heavy (non-hydrogen) atoms. The lowest BCUT2D eigenvalue weighted by atomic mass is 10.3. The van der Waals surface area contributed by atoms with Gasteiger partial charge in [0, 0.05) is 6.20 Å². The minimum absolute atomic E-state index is 0.113. The highest BCUT2D eigenvalue weighted by atomic mass is 19.1. The van der Waals surface area contributed by atoms with Gasteiger partial charge in [0.25, 0.3) is 5.91 Å². The highest BCUT2D eigenvalue weighted by Gasteiger charge is 2.03. The van der Waals surface area contributed by atoms with Crippen molar-refractivity contribution in [1.82, 2.24) is 10.3 Å². The summed E-state index contributed by atoms with van der Waals surface area (Å²) in [6.45, 7) is 0.241. The molecule has 2 aromatic rings. The molecule has 5 heteroatoms. The Labute approximate surface area is 110 Å². The van der Waals surface area contributed by atoms with Gasteiger partial charge in [-0.3, -0.25) is 9.78 Å². The van der Waals surface area contributed by atoms with Crippen molar-refractivity contribution in [2.24, 2.45) is 0 Å². The maximum atomic E-state index is 12.7. The Hall–Kier alpha value is -2.43. The highest BCUT2D eigenvalue weighted by Crippen LogP contribution is 2.10. The molecule has 0 bridgehead atoms. The molecule has 0 radical (unpaired) electrons. The number of hydrogen-bond acceptors (Lipinski definition) is 3. The first-order valence-corrected chi connectivity index (χ1v) is 5.79. The molecule has 1 amide bonds. The molecule has 1 heterocycles. The van der Waals surface area contributed by atoms with Crippen LogP contribution in [-0.2, 0) is 11.3 Å². The Morgan fingerprint density at radius 3 is 2.68 bits per heavy atom. The number of carbonyl (C=O) groups excluding carboxylic acids is 1.